The number of hydrazone groups is 1. The highest BCUT2D eigenvalue weighted by atomic mass is 16.6. The first-order valence-corrected chi connectivity index (χ1v) is 5.82. The molecule has 1 saturated heterocycles. The van der Waals surface area contributed by atoms with Crippen molar-refractivity contribution in [2.45, 2.75) is 6.92 Å². The van der Waals surface area contributed by atoms with Gasteiger partial charge in [-0.3, -0.25) is 20.3 Å². The standard InChI is InChI=1S/C12H14N4O3/c1-8-7-15(2)12(17)11(8)14-13-9-3-5-10(6-4-9)16(18)19/h3-6,8,13H,7H2,1-2H3/b14-11+/t8-/m1/s1. The molecule has 19 heavy (non-hydrogen) atoms. The Hall–Kier alpha value is -2.44. The van der Waals surface area contributed by atoms with Crippen LogP contribution in [0.25, 0.3) is 0 Å². The number of nitro groups is 1. The van der Waals surface area contributed by atoms with Crippen LogP contribution in [0.4, 0.5) is 11.4 Å². The smallest absolute Gasteiger partial charge is 0.270 e. The predicted molar refractivity (Wildman–Crippen MR) is 71.0 cm³/mol. The van der Waals surface area contributed by atoms with E-state index in [1.165, 1.54) is 12.1 Å². The van der Waals surface area contributed by atoms with Crippen LogP contribution in [0.1, 0.15) is 6.92 Å². The Labute approximate surface area is 110 Å². The minimum Gasteiger partial charge on any atom is -0.340 e. The lowest BCUT2D eigenvalue weighted by Gasteiger charge is -2.04. The highest BCUT2D eigenvalue weighted by Crippen LogP contribution is 2.17. The summed E-state index contributed by atoms with van der Waals surface area (Å²) in [5.41, 5.74) is 3.85. The van der Waals surface area contributed by atoms with Crippen LogP contribution in [-0.4, -0.2) is 35.0 Å². The number of nitro benzene ring substituents is 1. The van der Waals surface area contributed by atoms with E-state index in [-0.39, 0.29) is 17.5 Å². The lowest BCUT2D eigenvalue weighted by Crippen LogP contribution is -2.23. The molecule has 0 radical (unpaired) electrons. The molecule has 1 aliphatic heterocycles. The molecule has 7 heteroatoms. The Balaban J connectivity index is 2.10. The maximum atomic E-state index is 11.7. The zero-order valence-electron chi connectivity index (χ0n) is 10.7. The molecule has 1 fully saturated rings. The van der Waals surface area contributed by atoms with Gasteiger partial charge in [-0.05, 0) is 12.1 Å². The second-order valence-electron chi connectivity index (χ2n) is 4.50. The third-order valence-electron chi connectivity index (χ3n) is 2.96. The summed E-state index contributed by atoms with van der Waals surface area (Å²) in [6.07, 6.45) is 0. The third kappa shape index (κ3) is 2.70. The average molecular weight is 262 g/mol. The summed E-state index contributed by atoms with van der Waals surface area (Å²) in [4.78, 5) is 23.4. The Morgan fingerprint density at radius 1 is 1.42 bits per heavy atom. The van der Waals surface area contributed by atoms with Crippen molar-refractivity contribution in [1.82, 2.24) is 4.90 Å². The summed E-state index contributed by atoms with van der Waals surface area (Å²) in [5, 5.41) is 14.6. The Bertz CT molecular complexity index is 538. The molecule has 7 nitrogen and oxygen atoms in total. The molecule has 1 aromatic rings. The fraction of sp³-hybridized carbons (Fsp3) is 0.333. The molecule has 0 unspecified atom stereocenters. The van der Waals surface area contributed by atoms with Gasteiger partial charge in [-0.1, -0.05) is 6.92 Å². The lowest BCUT2D eigenvalue weighted by molar-refractivity contribution is -0.384. The van der Waals surface area contributed by atoms with E-state index in [1.807, 2.05) is 6.92 Å². The third-order valence-corrected chi connectivity index (χ3v) is 2.96. The molecule has 0 saturated carbocycles. The van der Waals surface area contributed by atoms with Crippen molar-refractivity contribution in [2.24, 2.45) is 11.0 Å². The Kier molecular flexibility index (Phi) is 3.46. The van der Waals surface area contributed by atoms with E-state index in [4.69, 9.17) is 0 Å². The summed E-state index contributed by atoms with van der Waals surface area (Å²) in [7, 11) is 1.73. The monoisotopic (exact) mass is 262 g/mol. The number of amides is 1. The number of nitrogens with zero attached hydrogens (tertiary/aromatic N) is 3. The number of hydrogen-bond donors (Lipinski definition) is 1. The van der Waals surface area contributed by atoms with Crippen molar-refractivity contribution in [3.05, 3.63) is 34.4 Å². The van der Waals surface area contributed by atoms with Crippen molar-refractivity contribution in [1.29, 1.82) is 0 Å². The van der Waals surface area contributed by atoms with E-state index in [1.54, 1.807) is 24.1 Å². The van der Waals surface area contributed by atoms with Crippen molar-refractivity contribution < 1.29 is 9.72 Å². The zero-order valence-corrected chi connectivity index (χ0v) is 10.7. The molecule has 0 aromatic heterocycles. The van der Waals surface area contributed by atoms with E-state index >= 15 is 0 Å². The largest absolute Gasteiger partial charge is 0.340 e. The van der Waals surface area contributed by atoms with Crippen LogP contribution in [0.5, 0.6) is 0 Å². The first-order valence-electron chi connectivity index (χ1n) is 5.82. The highest BCUT2D eigenvalue weighted by Gasteiger charge is 2.31. The van der Waals surface area contributed by atoms with Crippen molar-refractivity contribution in [3.8, 4) is 0 Å². The quantitative estimate of drug-likeness (QED) is 0.660. The summed E-state index contributed by atoms with van der Waals surface area (Å²) in [6.45, 7) is 2.58. The average Bonchev–Trinajstić information content (AvgIpc) is 2.62. The molecule has 1 atom stereocenters. The molecule has 1 N–H and O–H groups in total. The van der Waals surface area contributed by atoms with Crippen LogP contribution < -0.4 is 5.43 Å². The number of benzene rings is 1. The van der Waals surface area contributed by atoms with Crippen LogP contribution in [0.3, 0.4) is 0 Å². The van der Waals surface area contributed by atoms with Gasteiger partial charge in [0.15, 0.2) is 0 Å². The molecule has 1 heterocycles. The molecule has 1 aromatic carbocycles. The van der Waals surface area contributed by atoms with Gasteiger partial charge in [0, 0.05) is 31.6 Å². The molecule has 0 aliphatic carbocycles. The number of carbonyl (C=O) groups excluding carboxylic acids is 1. The van der Waals surface area contributed by atoms with Gasteiger partial charge in [0.2, 0.25) is 0 Å². The molecular weight excluding hydrogens is 248 g/mol. The zero-order chi connectivity index (χ0) is 14.0. The molecule has 1 amide bonds. The van der Waals surface area contributed by atoms with Gasteiger partial charge in [0.05, 0.1) is 10.6 Å². The number of likely N-dealkylation sites (tertiary alicyclic amines) is 1. The number of non-ortho nitro benzene ring substituents is 1. The van der Waals surface area contributed by atoms with Gasteiger partial charge in [0.1, 0.15) is 5.71 Å². The highest BCUT2D eigenvalue weighted by molar-refractivity contribution is 6.41. The minimum absolute atomic E-state index is 0.0169. The van der Waals surface area contributed by atoms with Crippen molar-refractivity contribution >= 4 is 23.0 Å². The van der Waals surface area contributed by atoms with Gasteiger partial charge in [-0.15, -0.1) is 0 Å². The number of hydrogen-bond acceptors (Lipinski definition) is 5. The summed E-state index contributed by atoms with van der Waals surface area (Å²) < 4.78 is 0. The van der Waals surface area contributed by atoms with Crippen LogP contribution in [0.2, 0.25) is 0 Å². The molecule has 0 bridgehead atoms. The van der Waals surface area contributed by atoms with Crippen LogP contribution in [0, 0.1) is 16.0 Å². The minimum atomic E-state index is -0.465. The van der Waals surface area contributed by atoms with E-state index in [0.717, 1.165) is 0 Å². The van der Waals surface area contributed by atoms with E-state index < -0.39 is 4.92 Å². The van der Waals surface area contributed by atoms with Crippen LogP contribution >= 0.6 is 0 Å². The molecule has 2 rings (SSSR count). The fourth-order valence-corrected chi connectivity index (χ4v) is 1.93. The van der Waals surface area contributed by atoms with Crippen LogP contribution in [0.15, 0.2) is 29.4 Å². The van der Waals surface area contributed by atoms with Gasteiger partial charge < -0.3 is 4.90 Å². The van der Waals surface area contributed by atoms with E-state index in [2.05, 4.69) is 10.5 Å². The van der Waals surface area contributed by atoms with E-state index in [0.29, 0.717) is 17.9 Å². The summed E-state index contributed by atoms with van der Waals surface area (Å²) in [6, 6.07) is 5.87. The predicted octanol–water partition coefficient (Wildman–Crippen LogP) is 1.47. The topological polar surface area (TPSA) is 87.8 Å². The maximum Gasteiger partial charge on any atom is 0.270 e. The molecule has 1 aliphatic rings. The lowest BCUT2D eigenvalue weighted by atomic mass is 10.1. The van der Waals surface area contributed by atoms with E-state index in [9.17, 15) is 14.9 Å². The normalized spacial score (nSPS) is 20.9. The molecule has 100 valence electrons. The maximum absolute atomic E-state index is 11.7. The second-order valence-corrected chi connectivity index (χ2v) is 4.50. The van der Waals surface area contributed by atoms with Crippen molar-refractivity contribution in [2.75, 3.05) is 19.0 Å². The first kappa shape index (κ1) is 13.0. The first-order chi connectivity index (χ1) is 8.99. The Morgan fingerprint density at radius 2 is 2.05 bits per heavy atom. The number of nitrogens with one attached hydrogen (secondary N) is 1. The molecule has 0 spiro atoms. The summed E-state index contributed by atoms with van der Waals surface area (Å²) >= 11 is 0. The fourth-order valence-electron chi connectivity index (χ4n) is 1.93. The van der Waals surface area contributed by atoms with Gasteiger partial charge in [-0.25, -0.2) is 0 Å². The summed E-state index contributed by atoms with van der Waals surface area (Å²) in [5.74, 6) is -0.0232. The van der Waals surface area contributed by atoms with Crippen molar-refractivity contribution in [3.63, 3.8) is 0 Å². The Morgan fingerprint density at radius 3 is 2.53 bits per heavy atom. The van der Waals surface area contributed by atoms with Gasteiger partial charge in [-0.2, -0.15) is 5.10 Å². The second kappa shape index (κ2) is 5.05. The SMILES string of the molecule is C[C@@H]1CN(C)C(=O)/C1=N/Nc1ccc([N+](=O)[O-])cc1. The van der Waals surface area contributed by atoms with Crippen LogP contribution in [-0.2, 0) is 4.79 Å². The number of anilines is 1. The number of carbonyl (C=O) groups is 1. The number of rotatable bonds is 3. The van der Waals surface area contributed by atoms with Gasteiger partial charge >= 0.3 is 0 Å². The van der Waals surface area contributed by atoms with Gasteiger partial charge in [0.25, 0.3) is 11.6 Å². The molecular formula is C12H14N4O3.